The van der Waals surface area contributed by atoms with E-state index in [1.807, 2.05) is 19.1 Å². The minimum atomic E-state index is -0.124. The molecule has 0 spiro atoms. The van der Waals surface area contributed by atoms with Crippen LogP contribution in [0.5, 0.6) is 0 Å². The Morgan fingerprint density at radius 1 is 1.48 bits per heavy atom. The number of carbonyl (C=O) groups excluding carboxylic acids is 1. The number of hydrogen-bond donors (Lipinski definition) is 1. The van der Waals surface area contributed by atoms with E-state index in [-0.39, 0.29) is 6.03 Å². The van der Waals surface area contributed by atoms with Crippen molar-refractivity contribution in [3.63, 3.8) is 0 Å². The van der Waals surface area contributed by atoms with Gasteiger partial charge in [-0.15, -0.1) is 0 Å². The van der Waals surface area contributed by atoms with Crippen LogP contribution in [0, 0.1) is 5.92 Å². The minimum absolute atomic E-state index is 0.124. The largest absolute Gasteiger partial charge is 0.381 e. The van der Waals surface area contributed by atoms with Gasteiger partial charge in [-0.3, -0.25) is 0 Å². The summed E-state index contributed by atoms with van der Waals surface area (Å²) in [6.07, 6.45) is 6.17. The van der Waals surface area contributed by atoms with Crippen LogP contribution < -0.4 is 5.32 Å². The molecule has 0 radical (unpaired) electrons. The van der Waals surface area contributed by atoms with Gasteiger partial charge in [-0.05, 0) is 31.5 Å². The van der Waals surface area contributed by atoms with Crippen molar-refractivity contribution in [1.82, 2.24) is 19.7 Å². The fraction of sp³-hybridized carbons (Fsp3) is 0.438. The summed E-state index contributed by atoms with van der Waals surface area (Å²) < 4.78 is 7.02. The maximum Gasteiger partial charge on any atom is 0.321 e. The van der Waals surface area contributed by atoms with Gasteiger partial charge in [0.1, 0.15) is 0 Å². The Hall–Kier alpha value is -2.41. The zero-order valence-electron chi connectivity index (χ0n) is 13.2. The summed E-state index contributed by atoms with van der Waals surface area (Å²) in [4.78, 5) is 18.7. The van der Waals surface area contributed by atoms with Crippen LogP contribution in [0.4, 0.5) is 10.5 Å². The average Bonchev–Trinajstić information content (AvgIpc) is 3.26. The topological polar surface area (TPSA) is 72.3 Å². The molecular formula is C16H21N5O2. The quantitative estimate of drug-likeness (QED) is 0.917. The normalized spacial score (nSPS) is 17.2. The van der Waals surface area contributed by atoms with Gasteiger partial charge in [0.05, 0.1) is 12.3 Å². The first-order chi connectivity index (χ1) is 11.3. The summed E-state index contributed by atoms with van der Waals surface area (Å²) in [5, 5.41) is 7.12. The Kier molecular flexibility index (Phi) is 4.87. The number of ether oxygens (including phenoxy) is 1. The van der Waals surface area contributed by atoms with Crippen LogP contribution in [0.1, 0.15) is 13.3 Å². The summed E-state index contributed by atoms with van der Waals surface area (Å²) >= 11 is 0. The van der Waals surface area contributed by atoms with E-state index in [0.29, 0.717) is 30.5 Å². The van der Waals surface area contributed by atoms with Crippen molar-refractivity contribution < 1.29 is 9.53 Å². The highest BCUT2D eigenvalue weighted by Crippen LogP contribution is 2.18. The molecule has 1 aliphatic heterocycles. The SMILES string of the molecule is CCN(CC1CCOC1)C(=O)Nc1cccnc1-n1cccn1. The van der Waals surface area contributed by atoms with Crippen LogP contribution >= 0.6 is 0 Å². The molecule has 0 bridgehead atoms. The Morgan fingerprint density at radius 3 is 3.09 bits per heavy atom. The van der Waals surface area contributed by atoms with Crippen LogP contribution in [0.3, 0.4) is 0 Å². The van der Waals surface area contributed by atoms with E-state index in [1.54, 1.807) is 34.2 Å². The van der Waals surface area contributed by atoms with Crippen LogP contribution in [-0.4, -0.2) is 52.0 Å². The second-order valence-electron chi connectivity index (χ2n) is 5.52. The van der Waals surface area contributed by atoms with Gasteiger partial charge in [-0.25, -0.2) is 14.5 Å². The van der Waals surface area contributed by atoms with E-state index in [0.717, 1.165) is 19.6 Å². The van der Waals surface area contributed by atoms with Gasteiger partial charge < -0.3 is 15.0 Å². The molecule has 2 aromatic heterocycles. The monoisotopic (exact) mass is 315 g/mol. The third kappa shape index (κ3) is 3.68. The summed E-state index contributed by atoms with van der Waals surface area (Å²) in [7, 11) is 0. The average molecular weight is 315 g/mol. The second kappa shape index (κ2) is 7.23. The molecule has 3 rings (SSSR count). The number of aromatic nitrogens is 3. The molecule has 122 valence electrons. The number of carbonyl (C=O) groups is 1. The summed E-state index contributed by atoms with van der Waals surface area (Å²) in [6.45, 7) is 4.86. The molecule has 0 aliphatic carbocycles. The predicted octanol–water partition coefficient (Wildman–Crippen LogP) is 2.16. The molecule has 7 nitrogen and oxygen atoms in total. The third-order valence-corrected chi connectivity index (χ3v) is 3.92. The lowest BCUT2D eigenvalue weighted by atomic mass is 10.1. The zero-order chi connectivity index (χ0) is 16.1. The van der Waals surface area contributed by atoms with Gasteiger partial charge >= 0.3 is 6.03 Å². The zero-order valence-corrected chi connectivity index (χ0v) is 13.2. The van der Waals surface area contributed by atoms with Crippen molar-refractivity contribution in [3.05, 3.63) is 36.8 Å². The van der Waals surface area contributed by atoms with Crippen LogP contribution in [0.2, 0.25) is 0 Å². The fourth-order valence-corrected chi connectivity index (χ4v) is 2.66. The first kappa shape index (κ1) is 15.5. The van der Waals surface area contributed by atoms with Crippen molar-refractivity contribution in [2.75, 3.05) is 31.6 Å². The van der Waals surface area contributed by atoms with Gasteiger partial charge in [0, 0.05) is 44.2 Å². The van der Waals surface area contributed by atoms with Crippen molar-refractivity contribution in [2.24, 2.45) is 5.92 Å². The number of rotatable bonds is 5. The fourth-order valence-electron chi connectivity index (χ4n) is 2.66. The van der Waals surface area contributed by atoms with E-state index in [2.05, 4.69) is 15.4 Å². The maximum absolute atomic E-state index is 12.6. The number of urea groups is 1. The van der Waals surface area contributed by atoms with Crippen molar-refractivity contribution in [3.8, 4) is 5.82 Å². The van der Waals surface area contributed by atoms with Crippen LogP contribution in [-0.2, 0) is 4.74 Å². The molecule has 1 saturated heterocycles. The number of pyridine rings is 1. The highest BCUT2D eigenvalue weighted by molar-refractivity contribution is 5.91. The first-order valence-corrected chi connectivity index (χ1v) is 7.86. The molecule has 1 atom stereocenters. The van der Waals surface area contributed by atoms with E-state index >= 15 is 0 Å². The van der Waals surface area contributed by atoms with E-state index in [9.17, 15) is 4.79 Å². The van der Waals surface area contributed by atoms with Crippen molar-refractivity contribution >= 4 is 11.7 Å². The molecule has 2 amide bonds. The lowest BCUT2D eigenvalue weighted by Gasteiger charge is -2.24. The number of anilines is 1. The van der Waals surface area contributed by atoms with Crippen molar-refractivity contribution in [1.29, 1.82) is 0 Å². The Balaban J connectivity index is 1.71. The molecule has 0 aromatic carbocycles. The Bertz CT molecular complexity index is 638. The summed E-state index contributed by atoms with van der Waals surface area (Å²) in [6, 6.07) is 5.32. The number of nitrogens with one attached hydrogen (secondary N) is 1. The second-order valence-corrected chi connectivity index (χ2v) is 5.52. The molecule has 1 aliphatic rings. The standard InChI is InChI=1S/C16H21N5O2/c1-2-20(11-13-6-10-23-12-13)16(22)19-14-5-3-7-17-15(14)21-9-4-8-18-21/h3-5,7-9,13H,2,6,10-12H2,1H3,(H,19,22). The molecule has 23 heavy (non-hydrogen) atoms. The molecule has 7 heteroatoms. The predicted molar refractivity (Wildman–Crippen MR) is 86.6 cm³/mol. The third-order valence-electron chi connectivity index (χ3n) is 3.92. The molecule has 2 aromatic rings. The molecule has 1 N–H and O–H groups in total. The molecule has 1 unspecified atom stereocenters. The number of nitrogens with zero attached hydrogens (tertiary/aromatic N) is 4. The van der Waals surface area contributed by atoms with E-state index in [4.69, 9.17) is 4.74 Å². The lowest BCUT2D eigenvalue weighted by Crippen LogP contribution is -2.38. The molecule has 1 fully saturated rings. The van der Waals surface area contributed by atoms with Gasteiger partial charge in [-0.1, -0.05) is 0 Å². The smallest absolute Gasteiger partial charge is 0.321 e. The van der Waals surface area contributed by atoms with Gasteiger partial charge in [0.2, 0.25) is 0 Å². The van der Waals surface area contributed by atoms with E-state index in [1.165, 1.54) is 0 Å². The Morgan fingerprint density at radius 2 is 2.39 bits per heavy atom. The van der Waals surface area contributed by atoms with Crippen LogP contribution in [0.25, 0.3) is 5.82 Å². The number of amides is 2. The Labute approximate surface area is 135 Å². The maximum atomic E-state index is 12.6. The van der Waals surface area contributed by atoms with Crippen LogP contribution in [0.15, 0.2) is 36.8 Å². The number of hydrogen-bond acceptors (Lipinski definition) is 4. The highest BCUT2D eigenvalue weighted by Gasteiger charge is 2.22. The molecule has 0 saturated carbocycles. The van der Waals surface area contributed by atoms with Crippen molar-refractivity contribution in [2.45, 2.75) is 13.3 Å². The summed E-state index contributed by atoms with van der Waals surface area (Å²) in [5.74, 6) is 1.02. The summed E-state index contributed by atoms with van der Waals surface area (Å²) in [5.41, 5.74) is 0.641. The van der Waals surface area contributed by atoms with Gasteiger partial charge in [0.15, 0.2) is 5.82 Å². The van der Waals surface area contributed by atoms with Gasteiger partial charge in [0.25, 0.3) is 0 Å². The van der Waals surface area contributed by atoms with Gasteiger partial charge in [-0.2, -0.15) is 5.10 Å². The lowest BCUT2D eigenvalue weighted by molar-refractivity contribution is 0.171. The first-order valence-electron chi connectivity index (χ1n) is 7.86. The minimum Gasteiger partial charge on any atom is -0.381 e. The van der Waals surface area contributed by atoms with E-state index < -0.39 is 0 Å². The highest BCUT2D eigenvalue weighted by atomic mass is 16.5. The molecule has 3 heterocycles. The molecular weight excluding hydrogens is 294 g/mol.